The van der Waals surface area contributed by atoms with Crippen LogP contribution in [0, 0.1) is 0 Å². The second kappa shape index (κ2) is 5.18. The number of pyridine rings is 1. The fraction of sp³-hybridized carbons (Fsp3) is 0.385. The van der Waals surface area contributed by atoms with Gasteiger partial charge in [0.15, 0.2) is 5.75 Å². The summed E-state index contributed by atoms with van der Waals surface area (Å²) in [6.07, 6.45) is 4.53. The zero-order chi connectivity index (χ0) is 13.1. The molecule has 0 aliphatic carbocycles. The molecule has 0 spiro atoms. The third-order valence-electron chi connectivity index (χ3n) is 2.53. The minimum absolute atomic E-state index is 0.304. The molecule has 5 nitrogen and oxygen atoms in total. The first-order chi connectivity index (χ1) is 8.56. The highest BCUT2D eigenvalue weighted by atomic mass is 16.5. The van der Waals surface area contributed by atoms with E-state index in [4.69, 9.17) is 4.74 Å². The summed E-state index contributed by atoms with van der Waals surface area (Å²) in [5.74, 6) is 1.30. The molecule has 5 heteroatoms. The number of rotatable bonds is 4. The summed E-state index contributed by atoms with van der Waals surface area (Å²) in [4.78, 5) is 4.11. The normalized spacial score (nSPS) is 12.7. The van der Waals surface area contributed by atoms with Crippen molar-refractivity contribution in [2.75, 3.05) is 0 Å². The lowest BCUT2D eigenvalue weighted by Gasteiger charge is -2.06. The number of nitrogens with zero attached hydrogens (tertiary/aromatic N) is 3. The van der Waals surface area contributed by atoms with E-state index in [9.17, 15) is 5.11 Å². The molecule has 0 aliphatic rings. The monoisotopic (exact) mass is 247 g/mol. The van der Waals surface area contributed by atoms with E-state index >= 15 is 0 Å². The van der Waals surface area contributed by atoms with Gasteiger partial charge in [0.05, 0.1) is 30.4 Å². The highest BCUT2D eigenvalue weighted by Crippen LogP contribution is 2.22. The molecule has 0 bridgehead atoms. The average molecular weight is 247 g/mol. The van der Waals surface area contributed by atoms with Crippen molar-refractivity contribution < 1.29 is 9.84 Å². The Bertz CT molecular complexity index is 503. The molecule has 1 N–H and O–H groups in total. The first kappa shape index (κ1) is 12.6. The molecule has 0 saturated heterocycles. The molecule has 1 atom stereocenters. The zero-order valence-electron chi connectivity index (χ0n) is 10.7. The van der Waals surface area contributed by atoms with Gasteiger partial charge in [0, 0.05) is 6.04 Å². The third-order valence-corrected chi connectivity index (χ3v) is 2.53. The SMILES string of the molecule is CC(C)n1cc(Oc2ccc([C@H](C)O)nc2)cn1. The standard InChI is InChI=1S/C13H17N3O2/c1-9(2)16-8-12(7-15-16)18-11-4-5-13(10(3)17)14-6-11/h4-10,17H,1-3H3/t10-/m0/s1. The van der Waals surface area contributed by atoms with Crippen molar-refractivity contribution in [1.82, 2.24) is 14.8 Å². The van der Waals surface area contributed by atoms with Crippen molar-refractivity contribution in [3.63, 3.8) is 0 Å². The molecule has 2 aromatic rings. The maximum atomic E-state index is 9.35. The van der Waals surface area contributed by atoms with Gasteiger partial charge in [-0.05, 0) is 32.9 Å². The lowest BCUT2D eigenvalue weighted by atomic mass is 10.2. The van der Waals surface area contributed by atoms with E-state index in [1.807, 2.05) is 10.9 Å². The van der Waals surface area contributed by atoms with E-state index in [0.29, 0.717) is 23.2 Å². The Morgan fingerprint density at radius 2 is 1.94 bits per heavy atom. The summed E-state index contributed by atoms with van der Waals surface area (Å²) in [6.45, 7) is 5.78. The smallest absolute Gasteiger partial charge is 0.165 e. The fourth-order valence-corrected chi connectivity index (χ4v) is 1.49. The Balaban J connectivity index is 2.08. The first-order valence-corrected chi connectivity index (χ1v) is 5.92. The predicted molar refractivity (Wildman–Crippen MR) is 67.6 cm³/mol. The van der Waals surface area contributed by atoms with Crippen molar-refractivity contribution in [3.8, 4) is 11.5 Å². The van der Waals surface area contributed by atoms with Crippen LogP contribution in [-0.2, 0) is 0 Å². The Labute approximate surface area is 106 Å². The molecule has 0 radical (unpaired) electrons. The van der Waals surface area contributed by atoms with Crippen LogP contribution in [-0.4, -0.2) is 19.9 Å². The van der Waals surface area contributed by atoms with E-state index in [1.165, 1.54) is 0 Å². The van der Waals surface area contributed by atoms with Gasteiger partial charge in [-0.2, -0.15) is 5.10 Å². The Morgan fingerprint density at radius 3 is 2.44 bits per heavy atom. The first-order valence-electron chi connectivity index (χ1n) is 5.92. The van der Waals surface area contributed by atoms with Gasteiger partial charge < -0.3 is 9.84 Å². The molecule has 18 heavy (non-hydrogen) atoms. The van der Waals surface area contributed by atoms with Gasteiger partial charge in [0.2, 0.25) is 0 Å². The van der Waals surface area contributed by atoms with E-state index in [0.717, 1.165) is 0 Å². The summed E-state index contributed by atoms with van der Waals surface area (Å²) in [5.41, 5.74) is 0.625. The van der Waals surface area contributed by atoms with E-state index in [2.05, 4.69) is 23.9 Å². The highest BCUT2D eigenvalue weighted by Gasteiger charge is 2.05. The molecule has 0 unspecified atom stereocenters. The van der Waals surface area contributed by atoms with Crippen LogP contribution in [0.2, 0.25) is 0 Å². The number of hydrogen-bond donors (Lipinski definition) is 1. The molecular formula is C13H17N3O2. The van der Waals surface area contributed by atoms with Gasteiger partial charge in [-0.25, -0.2) is 0 Å². The molecule has 2 heterocycles. The zero-order valence-corrected chi connectivity index (χ0v) is 10.7. The van der Waals surface area contributed by atoms with Gasteiger partial charge in [0.25, 0.3) is 0 Å². The average Bonchev–Trinajstić information content (AvgIpc) is 2.78. The molecule has 2 aromatic heterocycles. The van der Waals surface area contributed by atoms with Crippen LogP contribution in [0.3, 0.4) is 0 Å². The third kappa shape index (κ3) is 2.87. The summed E-state index contributed by atoms with van der Waals surface area (Å²) >= 11 is 0. The quantitative estimate of drug-likeness (QED) is 0.902. The number of aromatic nitrogens is 3. The van der Waals surface area contributed by atoms with Gasteiger partial charge in [-0.1, -0.05) is 0 Å². The maximum Gasteiger partial charge on any atom is 0.165 e. The Hall–Kier alpha value is -1.88. The highest BCUT2D eigenvalue weighted by molar-refractivity contribution is 5.27. The second-order valence-corrected chi connectivity index (χ2v) is 4.45. The van der Waals surface area contributed by atoms with Crippen LogP contribution in [0.5, 0.6) is 11.5 Å². The molecule has 0 saturated carbocycles. The van der Waals surface area contributed by atoms with Crippen LogP contribution < -0.4 is 4.74 Å². The van der Waals surface area contributed by atoms with Crippen LogP contribution in [0.15, 0.2) is 30.7 Å². The van der Waals surface area contributed by atoms with Crippen molar-refractivity contribution in [2.45, 2.75) is 32.9 Å². The van der Waals surface area contributed by atoms with Crippen LogP contribution in [0.25, 0.3) is 0 Å². The summed E-state index contributed by atoms with van der Waals surface area (Å²) in [7, 11) is 0. The van der Waals surface area contributed by atoms with Crippen LogP contribution >= 0.6 is 0 Å². The number of ether oxygens (including phenoxy) is 1. The van der Waals surface area contributed by atoms with Gasteiger partial charge in [0.1, 0.15) is 5.75 Å². The van der Waals surface area contributed by atoms with Crippen molar-refractivity contribution in [1.29, 1.82) is 0 Å². The minimum atomic E-state index is -0.567. The van der Waals surface area contributed by atoms with Crippen LogP contribution in [0.1, 0.15) is 38.6 Å². The summed E-state index contributed by atoms with van der Waals surface area (Å²) in [6, 6.07) is 3.83. The topological polar surface area (TPSA) is 60.2 Å². The molecule has 0 fully saturated rings. The summed E-state index contributed by atoms with van der Waals surface area (Å²) < 4.78 is 7.44. The Morgan fingerprint density at radius 1 is 1.17 bits per heavy atom. The number of aliphatic hydroxyl groups is 1. The van der Waals surface area contributed by atoms with Crippen LogP contribution in [0.4, 0.5) is 0 Å². The number of hydrogen-bond acceptors (Lipinski definition) is 4. The molecule has 0 amide bonds. The van der Waals surface area contributed by atoms with E-state index in [-0.39, 0.29) is 0 Å². The molecule has 2 rings (SSSR count). The molecule has 0 aliphatic heterocycles. The predicted octanol–water partition coefficient (Wildman–Crippen LogP) is 2.70. The lowest BCUT2D eigenvalue weighted by Crippen LogP contribution is -1.99. The van der Waals surface area contributed by atoms with E-state index in [1.54, 1.807) is 31.5 Å². The molecule has 96 valence electrons. The van der Waals surface area contributed by atoms with Gasteiger partial charge in [-0.3, -0.25) is 9.67 Å². The lowest BCUT2D eigenvalue weighted by molar-refractivity contribution is 0.194. The largest absolute Gasteiger partial charge is 0.452 e. The second-order valence-electron chi connectivity index (χ2n) is 4.45. The fourth-order valence-electron chi connectivity index (χ4n) is 1.49. The van der Waals surface area contributed by atoms with Crippen molar-refractivity contribution in [3.05, 3.63) is 36.4 Å². The van der Waals surface area contributed by atoms with E-state index < -0.39 is 6.10 Å². The van der Waals surface area contributed by atoms with Gasteiger partial charge in [-0.15, -0.1) is 0 Å². The van der Waals surface area contributed by atoms with Crippen molar-refractivity contribution in [2.24, 2.45) is 0 Å². The maximum absolute atomic E-state index is 9.35. The Kier molecular flexibility index (Phi) is 3.62. The number of aliphatic hydroxyl groups excluding tert-OH is 1. The van der Waals surface area contributed by atoms with Gasteiger partial charge >= 0.3 is 0 Å². The molecular weight excluding hydrogens is 230 g/mol. The minimum Gasteiger partial charge on any atom is -0.452 e. The summed E-state index contributed by atoms with van der Waals surface area (Å²) in [5, 5.41) is 13.5. The molecule has 0 aromatic carbocycles. The van der Waals surface area contributed by atoms with Crippen molar-refractivity contribution >= 4 is 0 Å².